The Labute approximate surface area is 200 Å². The van der Waals surface area contributed by atoms with Crippen molar-refractivity contribution in [3.63, 3.8) is 0 Å². The third kappa shape index (κ3) is 5.46. The maximum atomic E-state index is 12.9. The van der Waals surface area contributed by atoms with E-state index in [1.807, 2.05) is 24.3 Å². The van der Waals surface area contributed by atoms with Crippen molar-refractivity contribution in [2.75, 3.05) is 24.8 Å². The molecule has 9 nitrogen and oxygen atoms in total. The van der Waals surface area contributed by atoms with Gasteiger partial charge in [0.15, 0.2) is 5.82 Å². The Morgan fingerprint density at radius 1 is 1.12 bits per heavy atom. The lowest BCUT2D eigenvalue weighted by Gasteiger charge is -2.20. The van der Waals surface area contributed by atoms with E-state index in [1.54, 1.807) is 56.8 Å². The lowest BCUT2D eigenvalue weighted by Crippen LogP contribution is -2.31. The maximum absolute atomic E-state index is 12.9. The first-order valence-corrected chi connectivity index (χ1v) is 11.4. The van der Waals surface area contributed by atoms with Crippen molar-refractivity contribution in [2.24, 2.45) is 0 Å². The van der Waals surface area contributed by atoms with Crippen LogP contribution in [0.1, 0.15) is 16.1 Å². The molecule has 2 aromatic heterocycles. The number of hydrogen-bond donors (Lipinski definition) is 2. The van der Waals surface area contributed by atoms with Crippen molar-refractivity contribution >= 4 is 29.3 Å². The standard InChI is InChI=1S/C24H23N5O4S/c1-29(20-8-4-3-7-19(20)23(31)25-14-18-6-5-13-33-18)21(30)15-34-24-26-22(27-28-24)16-9-11-17(32-2)12-10-16/h3-13H,14-15H2,1-2H3,(H,25,31)(H,26,27,28). The molecule has 4 rings (SSSR count). The van der Waals surface area contributed by atoms with E-state index in [0.717, 1.165) is 11.3 Å². The summed E-state index contributed by atoms with van der Waals surface area (Å²) < 4.78 is 10.4. The zero-order valence-corrected chi connectivity index (χ0v) is 19.5. The van der Waals surface area contributed by atoms with Crippen LogP contribution in [0.2, 0.25) is 0 Å². The molecule has 0 aliphatic carbocycles. The average molecular weight is 478 g/mol. The van der Waals surface area contributed by atoms with Crippen LogP contribution in [0.25, 0.3) is 11.4 Å². The summed E-state index contributed by atoms with van der Waals surface area (Å²) in [6.07, 6.45) is 1.55. The molecular formula is C24H23N5O4S. The number of methoxy groups -OCH3 is 1. The van der Waals surface area contributed by atoms with Crippen molar-refractivity contribution in [3.8, 4) is 17.1 Å². The molecule has 34 heavy (non-hydrogen) atoms. The fourth-order valence-electron chi connectivity index (χ4n) is 3.18. The van der Waals surface area contributed by atoms with E-state index in [9.17, 15) is 9.59 Å². The number of carbonyl (C=O) groups is 2. The summed E-state index contributed by atoms with van der Waals surface area (Å²) >= 11 is 1.22. The second-order valence-electron chi connectivity index (χ2n) is 7.22. The van der Waals surface area contributed by atoms with Gasteiger partial charge in [-0.15, -0.1) is 5.10 Å². The number of ether oxygens (including phenoxy) is 1. The number of aromatic amines is 1. The van der Waals surface area contributed by atoms with E-state index in [2.05, 4.69) is 20.5 Å². The molecular weight excluding hydrogens is 454 g/mol. The number of para-hydroxylation sites is 1. The predicted octanol–water partition coefficient (Wildman–Crippen LogP) is 3.76. The van der Waals surface area contributed by atoms with Crippen LogP contribution in [0, 0.1) is 0 Å². The van der Waals surface area contributed by atoms with Gasteiger partial charge in [-0.2, -0.15) is 0 Å². The summed E-state index contributed by atoms with van der Waals surface area (Å²) in [7, 11) is 3.25. The molecule has 0 spiro atoms. The van der Waals surface area contributed by atoms with E-state index in [4.69, 9.17) is 9.15 Å². The van der Waals surface area contributed by atoms with Gasteiger partial charge in [0, 0.05) is 12.6 Å². The van der Waals surface area contributed by atoms with E-state index in [-0.39, 0.29) is 24.1 Å². The first-order chi connectivity index (χ1) is 16.5. The highest BCUT2D eigenvalue weighted by Crippen LogP contribution is 2.24. The van der Waals surface area contributed by atoms with Crippen molar-refractivity contribution < 1.29 is 18.7 Å². The highest BCUT2D eigenvalue weighted by atomic mass is 32.2. The van der Waals surface area contributed by atoms with Gasteiger partial charge in [-0.1, -0.05) is 23.9 Å². The molecule has 2 heterocycles. The molecule has 0 fully saturated rings. The molecule has 0 aliphatic heterocycles. The molecule has 174 valence electrons. The van der Waals surface area contributed by atoms with Crippen molar-refractivity contribution in [2.45, 2.75) is 11.7 Å². The van der Waals surface area contributed by atoms with Gasteiger partial charge in [0.1, 0.15) is 11.5 Å². The second kappa shape index (κ2) is 10.7. The van der Waals surface area contributed by atoms with Crippen LogP contribution < -0.4 is 15.0 Å². The zero-order valence-electron chi connectivity index (χ0n) is 18.6. The summed E-state index contributed by atoms with van der Waals surface area (Å²) in [4.78, 5) is 31.5. The lowest BCUT2D eigenvalue weighted by atomic mass is 10.1. The minimum atomic E-state index is -0.294. The SMILES string of the molecule is COc1ccc(-c2nc(SCC(=O)N(C)c3ccccc3C(=O)NCc3ccco3)n[nH]2)cc1. The number of carbonyl (C=O) groups excluding carboxylic acids is 2. The molecule has 0 saturated carbocycles. The van der Waals surface area contributed by atoms with Gasteiger partial charge in [-0.05, 0) is 48.5 Å². The van der Waals surface area contributed by atoms with Gasteiger partial charge in [-0.3, -0.25) is 14.7 Å². The van der Waals surface area contributed by atoms with Gasteiger partial charge in [-0.25, -0.2) is 4.98 Å². The van der Waals surface area contributed by atoms with Crippen LogP contribution in [0.5, 0.6) is 5.75 Å². The number of H-pyrrole nitrogens is 1. The normalized spacial score (nSPS) is 10.6. The fraction of sp³-hybridized carbons (Fsp3) is 0.167. The fourth-order valence-corrected chi connectivity index (χ4v) is 3.89. The number of furan rings is 1. The molecule has 2 amide bonds. The molecule has 10 heteroatoms. The minimum Gasteiger partial charge on any atom is -0.497 e. The van der Waals surface area contributed by atoms with Gasteiger partial charge in [0.05, 0.1) is 36.9 Å². The van der Waals surface area contributed by atoms with E-state index in [1.165, 1.54) is 16.7 Å². The Bertz CT molecular complexity index is 1250. The van der Waals surface area contributed by atoms with Gasteiger partial charge in [0.25, 0.3) is 5.91 Å². The third-order valence-corrected chi connectivity index (χ3v) is 5.87. The summed E-state index contributed by atoms with van der Waals surface area (Å²) in [5, 5.41) is 10.3. The molecule has 2 aromatic carbocycles. The number of nitrogens with one attached hydrogen (secondary N) is 2. The smallest absolute Gasteiger partial charge is 0.253 e. The molecule has 0 bridgehead atoms. The summed E-state index contributed by atoms with van der Waals surface area (Å²) in [6.45, 7) is 0.259. The van der Waals surface area contributed by atoms with E-state index >= 15 is 0 Å². The molecule has 0 saturated heterocycles. The van der Waals surface area contributed by atoms with Crippen LogP contribution in [0.4, 0.5) is 5.69 Å². The lowest BCUT2D eigenvalue weighted by molar-refractivity contribution is -0.115. The van der Waals surface area contributed by atoms with Crippen molar-refractivity contribution in [1.29, 1.82) is 0 Å². The number of thioether (sulfide) groups is 1. The second-order valence-corrected chi connectivity index (χ2v) is 8.16. The van der Waals surface area contributed by atoms with E-state index < -0.39 is 0 Å². The number of amides is 2. The van der Waals surface area contributed by atoms with Crippen LogP contribution in [-0.4, -0.2) is 46.9 Å². The molecule has 0 radical (unpaired) electrons. The minimum absolute atomic E-state index is 0.110. The van der Waals surface area contributed by atoms with Crippen molar-refractivity contribution in [1.82, 2.24) is 20.5 Å². The molecule has 4 aromatic rings. The maximum Gasteiger partial charge on any atom is 0.253 e. The average Bonchev–Trinajstić information content (AvgIpc) is 3.58. The van der Waals surface area contributed by atoms with Crippen LogP contribution in [-0.2, 0) is 11.3 Å². The Morgan fingerprint density at radius 2 is 1.91 bits per heavy atom. The summed E-state index contributed by atoms with van der Waals surface area (Å²) in [5.74, 6) is 1.63. The number of benzene rings is 2. The monoisotopic (exact) mass is 477 g/mol. The van der Waals surface area contributed by atoms with Gasteiger partial charge >= 0.3 is 0 Å². The van der Waals surface area contributed by atoms with Crippen molar-refractivity contribution in [3.05, 3.63) is 78.3 Å². The Hall–Kier alpha value is -4.05. The number of nitrogens with zero attached hydrogens (tertiary/aromatic N) is 3. The van der Waals surface area contributed by atoms with Gasteiger partial charge in [0.2, 0.25) is 11.1 Å². The van der Waals surface area contributed by atoms with E-state index in [0.29, 0.717) is 28.0 Å². The molecule has 2 N–H and O–H groups in total. The molecule has 0 atom stereocenters. The Kier molecular flexibility index (Phi) is 7.28. The highest BCUT2D eigenvalue weighted by Gasteiger charge is 2.19. The number of aromatic nitrogens is 3. The first-order valence-electron chi connectivity index (χ1n) is 10.4. The third-order valence-electron chi connectivity index (χ3n) is 5.04. The molecule has 0 aliphatic rings. The highest BCUT2D eigenvalue weighted by molar-refractivity contribution is 7.99. The Morgan fingerprint density at radius 3 is 2.65 bits per heavy atom. The number of hydrogen-bond acceptors (Lipinski definition) is 7. The first kappa shape index (κ1) is 23.1. The topological polar surface area (TPSA) is 113 Å². The number of rotatable bonds is 9. The summed E-state index contributed by atoms with van der Waals surface area (Å²) in [6, 6.07) is 17.9. The van der Waals surface area contributed by atoms with Crippen LogP contribution in [0.15, 0.2) is 76.5 Å². The van der Waals surface area contributed by atoms with Crippen LogP contribution >= 0.6 is 11.8 Å². The summed E-state index contributed by atoms with van der Waals surface area (Å²) in [5.41, 5.74) is 1.77. The molecule has 0 unspecified atom stereocenters. The zero-order chi connectivity index (χ0) is 23.9. The van der Waals surface area contributed by atoms with Crippen LogP contribution in [0.3, 0.4) is 0 Å². The largest absolute Gasteiger partial charge is 0.497 e. The van der Waals surface area contributed by atoms with Gasteiger partial charge < -0.3 is 19.4 Å². The predicted molar refractivity (Wildman–Crippen MR) is 129 cm³/mol. The quantitative estimate of drug-likeness (QED) is 0.353. The number of anilines is 1. The Balaban J connectivity index is 1.37.